The number of benzene rings is 2. The van der Waals surface area contributed by atoms with Crippen molar-refractivity contribution in [1.29, 1.82) is 0 Å². The Morgan fingerprint density at radius 1 is 1.17 bits per heavy atom. The van der Waals surface area contributed by atoms with Crippen LogP contribution in [0.15, 0.2) is 48.1 Å². The zero-order chi connectivity index (χ0) is 25.5. The smallest absolute Gasteiger partial charge is 0.234 e. The largest absolute Gasteiger partial charge is 0.495 e. The summed E-state index contributed by atoms with van der Waals surface area (Å²) in [7, 11) is 2.99. The third-order valence-corrected chi connectivity index (χ3v) is 6.44. The van der Waals surface area contributed by atoms with Crippen LogP contribution in [0.4, 0.5) is 5.69 Å². The van der Waals surface area contributed by atoms with Gasteiger partial charge in [0.15, 0.2) is 17.1 Å². The predicted octanol–water partition coefficient (Wildman–Crippen LogP) is 5.97. The highest BCUT2D eigenvalue weighted by Gasteiger charge is 2.21. The molecule has 11 heteroatoms. The average Bonchev–Trinajstić information content (AvgIpc) is 3.23. The number of hydrogen-bond donors (Lipinski definition) is 1. The fourth-order valence-electron chi connectivity index (χ4n) is 3.27. The highest BCUT2D eigenvalue weighted by Crippen LogP contribution is 2.36. The van der Waals surface area contributed by atoms with E-state index in [0.29, 0.717) is 50.5 Å². The van der Waals surface area contributed by atoms with Gasteiger partial charge in [0, 0.05) is 23.7 Å². The first-order chi connectivity index (χ1) is 16.8. The predicted molar refractivity (Wildman–Crippen MR) is 139 cm³/mol. The molecule has 1 amide bonds. The number of hydrogen-bond acceptors (Lipinski definition) is 7. The molecule has 186 valence electrons. The number of ether oxygens (including phenoxy) is 3. The van der Waals surface area contributed by atoms with Gasteiger partial charge in [-0.3, -0.25) is 9.36 Å². The lowest BCUT2D eigenvalue weighted by Gasteiger charge is -2.17. The number of aromatic nitrogens is 3. The van der Waals surface area contributed by atoms with Gasteiger partial charge in [-0.15, -0.1) is 16.8 Å². The molecule has 1 heterocycles. The minimum absolute atomic E-state index is 0.0922. The van der Waals surface area contributed by atoms with Crippen molar-refractivity contribution in [3.63, 3.8) is 0 Å². The number of rotatable bonds is 11. The van der Waals surface area contributed by atoms with Crippen molar-refractivity contribution in [1.82, 2.24) is 14.8 Å². The molecule has 1 unspecified atom stereocenters. The molecule has 2 aromatic carbocycles. The van der Waals surface area contributed by atoms with Gasteiger partial charge < -0.3 is 19.5 Å². The van der Waals surface area contributed by atoms with E-state index in [9.17, 15) is 4.79 Å². The lowest BCUT2D eigenvalue weighted by Crippen LogP contribution is -2.16. The molecule has 0 aliphatic carbocycles. The summed E-state index contributed by atoms with van der Waals surface area (Å²) in [5.74, 6) is 2.01. The maximum Gasteiger partial charge on any atom is 0.234 e. The topological polar surface area (TPSA) is 87.5 Å². The summed E-state index contributed by atoms with van der Waals surface area (Å²) in [4.78, 5) is 12.7. The zero-order valence-electron chi connectivity index (χ0n) is 19.8. The van der Waals surface area contributed by atoms with E-state index >= 15 is 0 Å². The second kappa shape index (κ2) is 12.2. The van der Waals surface area contributed by atoms with Crippen molar-refractivity contribution in [2.24, 2.45) is 0 Å². The molecule has 1 N–H and O–H groups in total. The molecule has 1 atom stereocenters. The van der Waals surface area contributed by atoms with Gasteiger partial charge in [0.25, 0.3) is 0 Å². The van der Waals surface area contributed by atoms with Crippen molar-refractivity contribution < 1.29 is 19.0 Å². The number of thioether (sulfide) groups is 1. The van der Waals surface area contributed by atoms with Gasteiger partial charge in [0.05, 0.1) is 30.7 Å². The Labute approximate surface area is 218 Å². The molecule has 0 bridgehead atoms. The number of amides is 1. The van der Waals surface area contributed by atoms with Gasteiger partial charge in [-0.1, -0.05) is 41.0 Å². The molecule has 35 heavy (non-hydrogen) atoms. The maximum atomic E-state index is 12.7. The molecule has 0 saturated carbocycles. The summed E-state index contributed by atoms with van der Waals surface area (Å²) in [6, 6.07) is 8.63. The lowest BCUT2D eigenvalue weighted by molar-refractivity contribution is -0.113. The molecule has 3 rings (SSSR count). The van der Waals surface area contributed by atoms with Crippen LogP contribution in [-0.4, -0.2) is 40.6 Å². The Balaban J connectivity index is 1.72. The normalized spacial score (nSPS) is 11.6. The Kier molecular flexibility index (Phi) is 9.31. The fourth-order valence-corrected chi connectivity index (χ4v) is 4.48. The van der Waals surface area contributed by atoms with E-state index in [1.165, 1.54) is 26.0 Å². The molecule has 0 radical (unpaired) electrons. The highest BCUT2D eigenvalue weighted by molar-refractivity contribution is 7.99. The van der Waals surface area contributed by atoms with E-state index in [4.69, 9.17) is 37.4 Å². The minimum Gasteiger partial charge on any atom is -0.495 e. The Bertz CT molecular complexity index is 1220. The van der Waals surface area contributed by atoms with Crippen LogP contribution in [0.2, 0.25) is 10.0 Å². The van der Waals surface area contributed by atoms with E-state index in [1.54, 1.807) is 24.3 Å². The van der Waals surface area contributed by atoms with Crippen molar-refractivity contribution >= 4 is 46.6 Å². The number of carbonyl (C=O) groups excluding carboxylic acids is 1. The van der Waals surface area contributed by atoms with Crippen LogP contribution < -0.4 is 19.5 Å². The summed E-state index contributed by atoms with van der Waals surface area (Å²) in [6.45, 7) is 8.09. The Morgan fingerprint density at radius 2 is 1.91 bits per heavy atom. The van der Waals surface area contributed by atoms with E-state index in [1.807, 2.05) is 30.5 Å². The van der Waals surface area contributed by atoms with Crippen LogP contribution in [-0.2, 0) is 11.3 Å². The van der Waals surface area contributed by atoms with Gasteiger partial charge in [0.2, 0.25) is 5.91 Å². The molecule has 1 aromatic heterocycles. The first kappa shape index (κ1) is 26.7. The van der Waals surface area contributed by atoms with Crippen molar-refractivity contribution in [2.75, 3.05) is 25.3 Å². The highest BCUT2D eigenvalue weighted by atomic mass is 35.5. The molecule has 0 spiro atoms. The minimum atomic E-state index is -0.392. The number of nitrogens with zero attached hydrogens (tertiary/aromatic N) is 3. The maximum absolute atomic E-state index is 12.7. The van der Waals surface area contributed by atoms with Crippen molar-refractivity contribution in [3.8, 4) is 17.2 Å². The summed E-state index contributed by atoms with van der Waals surface area (Å²) in [5, 5.41) is 13.0. The third-order valence-electron chi connectivity index (χ3n) is 4.94. The second-order valence-corrected chi connectivity index (χ2v) is 9.22. The van der Waals surface area contributed by atoms with Crippen LogP contribution in [0.25, 0.3) is 0 Å². The molecule has 3 aromatic rings. The summed E-state index contributed by atoms with van der Waals surface area (Å²) in [5.41, 5.74) is 1.37. The van der Waals surface area contributed by atoms with Crippen LogP contribution in [0.5, 0.6) is 17.2 Å². The molecule has 8 nitrogen and oxygen atoms in total. The first-order valence-corrected chi connectivity index (χ1v) is 12.3. The Hall–Kier alpha value is -2.88. The van der Waals surface area contributed by atoms with Gasteiger partial charge >= 0.3 is 0 Å². The molecular weight excluding hydrogens is 511 g/mol. The lowest BCUT2D eigenvalue weighted by atomic mass is 10.2. The number of anilines is 1. The van der Waals surface area contributed by atoms with Gasteiger partial charge in [-0.2, -0.15) is 0 Å². The van der Waals surface area contributed by atoms with E-state index in [2.05, 4.69) is 22.1 Å². The third kappa shape index (κ3) is 6.62. The standard InChI is InChI=1S/C24H26Cl2N4O4S/c1-6-9-30-23(15(3)34-19-8-7-16(25)10-14(19)2)28-29-24(30)35-13-22(31)27-18-12-20(32-4)17(26)11-21(18)33-5/h6-8,10-12,15H,1,9,13H2,2-5H3,(H,27,31). The van der Waals surface area contributed by atoms with Crippen molar-refractivity contribution in [3.05, 3.63) is 64.4 Å². The van der Waals surface area contributed by atoms with Gasteiger partial charge in [0.1, 0.15) is 17.2 Å². The molecule has 0 fully saturated rings. The van der Waals surface area contributed by atoms with Crippen molar-refractivity contribution in [2.45, 2.75) is 31.7 Å². The molecular formula is C24H26Cl2N4O4S. The number of allylic oxidation sites excluding steroid dienone is 1. The number of halogens is 2. The average molecular weight is 537 g/mol. The number of carbonyl (C=O) groups is 1. The Morgan fingerprint density at radius 3 is 2.57 bits per heavy atom. The quantitative estimate of drug-likeness (QED) is 0.238. The molecule has 0 saturated heterocycles. The monoisotopic (exact) mass is 536 g/mol. The summed E-state index contributed by atoms with van der Waals surface area (Å²) >= 11 is 13.4. The summed E-state index contributed by atoms with van der Waals surface area (Å²) < 4.78 is 18.5. The van der Waals surface area contributed by atoms with E-state index in [0.717, 1.165) is 5.56 Å². The SMILES string of the molecule is C=CCn1c(SCC(=O)Nc2cc(OC)c(Cl)cc2OC)nnc1C(C)Oc1ccc(Cl)cc1C. The van der Waals surface area contributed by atoms with Crippen LogP contribution >= 0.6 is 35.0 Å². The van der Waals surface area contributed by atoms with Crippen LogP contribution in [0.3, 0.4) is 0 Å². The number of nitrogens with one attached hydrogen (secondary N) is 1. The zero-order valence-corrected chi connectivity index (χ0v) is 22.1. The van der Waals surface area contributed by atoms with Crippen LogP contribution in [0, 0.1) is 6.92 Å². The number of methoxy groups -OCH3 is 2. The number of aryl methyl sites for hydroxylation is 1. The molecule has 0 aliphatic heterocycles. The fraction of sp³-hybridized carbons (Fsp3) is 0.292. The summed E-state index contributed by atoms with van der Waals surface area (Å²) in [6.07, 6.45) is 1.35. The van der Waals surface area contributed by atoms with E-state index in [-0.39, 0.29) is 11.7 Å². The van der Waals surface area contributed by atoms with E-state index < -0.39 is 6.10 Å². The van der Waals surface area contributed by atoms with Gasteiger partial charge in [-0.25, -0.2) is 0 Å². The second-order valence-electron chi connectivity index (χ2n) is 7.43. The molecule has 0 aliphatic rings. The van der Waals surface area contributed by atoms with Crippen LogP contribution in [0.1, 0.15) is 24.4 Å². The first-order valence-electron chi connectivity index (χ1n) is 10.6. The van der Waals surface area contributed by atoms with Gasteiger partial charge in [-0.05, 0) is 37.6 Å².